The van der Waals surface area contributed by atoms with E-state index >= 15 is 0 Å². The maximum atomic E-state index is 6.29. The largest absolute Gasteiger partial charge is 0.496 e. The molecular weight excluding hydrogens is 234 g/mol. The van der Waals surface area contributed by atoms with Crippen LogP contribution in [0.2, 0.25) is 5.02 Å². The van der Waals surface area contributed by atoms with Crippen molar-refractivity contribution in [3.63, 3.8) is 0 Å². The van der Waals surface area contributed by atoms with Gasteiger partial charge in [0.25, 0.3) is 0 Å². The fourth-order valence-electron chi connectivity index (χ4n) is 2.72. The van der Waals surface area contributed by atoms with Gasteiger partial charge in [-0.2, -0.15) is 0 Å². The van der Waals surface area contributed by atoms with E-state index in [0.717, 1.165) is 23.6 Å². The summed E-state index contributed by atoms with van der Waals surface area (Å²) in [5.41, 5.74) is 7.46. The fraction of sp³-hybridized carbons (Fsp3) is 0.571. The van der Waals surface area contributed by atoms with Crippen LogP contribution in [0.1, 0.15) is 43.6 Å². The Hall–Kier alpha value is -0.730. The molecular formula is C14H20ClNO. The normalized spacial score (nSPS) is 25.4. The summed E-state index contributed by atoms with van der Waals surface area (Å²) < 4.78 is 5.43. The van der Waals surface area contributed by atoms with Crippen molar-refractivity contribution in [2.75, 3.05) is 7.11 Å². The fourth-order valence-corrected chi connectivity index (χ4v) is 2.90. The van der Waals surface area contributed by atoms with E-state index in [-0.39, 0.29) is 6.04 Å². The van der Waals surface area contributed by atoms with Gasteiger partial charge in [0.15, 0.2) is 0 Å². The Bertz CT molecular complexity index is 380. The third-order valence-electron chi connectivity index (χ3n) is 3.66. The molecule has 3 heteroatoms. The van der Waals surface area contributed by atoms with Gasteiger partial charge in [0, 0.05) is 22.5 Å². The topological polar surface area (TPSA) is 35.2 Å². The summed E-state index contributed by atoms with van der Waals surface area (Å²) in [4.78, 5) is 0. The van der Waals surface area contributed by atoms with Gasteiger partial charge >= 0.3 is 0 Å². The van der Waals surface area contributed by atoms with E-state index in [2.05, 4.69) is 0 Å². The maximum Gasteiger partial charge on any atom is 0.122 e. The van der Waals surface area contributed by atoms with Crippen LogP contribution < -0.4 is 10.5 Å². The first-order valence-electron chi connectivity index (χ1n) is 6.31. The standard InChI is InChI=1S/C14H20ClNO/c1-17-14-8-7-10(15)9-12(14)11-5-3-2-4-6-13(11)16/h7-9,11,13H,2-6,16H2,1H3. The number of halogens is 1. The zero-order chi connectivity index (χ0) is 12.3. The van der Waals surface area contributed by atoms with Gasteiger partial charge in [0.2, 0.25) is 0 Å². The lowest BCUT2D eigenvalue weighted by Gasteiger charge is -2.23. The molecule has 0 aliphatic heterocycles. The Morgan fingerprint density at radius 2 is 2.00 bits per heavy atom. The molecule has 2 N–H and O–H groups in total. The summed E-state index contributed by atoms with van der Waals surface area (Å²) in [7, 11) is 1.70. The molecule has 0 amide bonds. The molecule has 0 radical (unpaired) electrons. The summed E-state index contributed by atoms with van der Waals surface area (Å²) >= 11 is 6.09. The first-order chi connectivity index (χ1) is 8.22. The lowest BCUT2D eigenvalue weighted by atomic mass is 9.87. The third-order valence-corrected chi connectivity index (χ3v) is 3.90. The number of rotatable bonds is 2. The smallest absolute Gasteiger partial charge is 0.122 e. The van der Waals surface area contributed by atoms with Gasteiger partial charge in [-0.15, -0.1) is 0 Å². The van der Waals surface area contributed by atoms with Crippen molar-refractivity contribution in [3.05, 3.63) is 28.8 Å². The van der Waals surface area contributed by atoms with Crippen molar-refractivity contribution >= 4 is 11.6 Å². The molecule has 1 aliphatic rings. The van der Waals surface area contributed by atoms with E-state index in [9.17, 15) is 0 Å². The van der Waals surface area contributed by atoms with Gasteiger partial charge in [-0.25, -0.2) is 0 Å². The van der Waals surface area contributed by atoms with Crippen molar-refractivity contribution < 1.29 is 4.74 Å². The molecule has 2 unspecified atom stereocenters. The Balaban J connectivity index is 2.32. The zero-order valence-electron chi connectivity index (χ0n) is 10.3. The molecule has 0 bridgehead atoms. The molecule has 0 heterocycles. The summed E-state index contributed by atoms with van der Waals surface area (Å²) in [6, 6.07) is 6.04. The van der Waals surface area contributed by atoms with Crippen LogP contribution in [0.15, 0.2) is 18.2 Å². The van der Waals surface area contributed by atoms with Gasteiger partial charge in [0.05, 0.1) is 7.11 Å². The Labute approximate surface area is 108 Å². The van der Waals surface area contributed by atoms with Crippen LogP contribution in [0, 0.1) is 0 Å². The van der Waals surface area contributed by atoms with E-state index in [1.165, 1.54) is 24.8 Å². The van der Waals surface area contributed by atoms with Gasteiger partial charge < -0.3 is 10.5 Å². The Morgan fingerprint density at radius 3 is 2.76 bits per heavy atom. The third kappa shape index (κ3) is 2.93. The second kappa shape index (κ2) is 5.74. The van der Waals surface area contributed by atoms with Crippen LogP contribution in [0.5, 0.6) is 5.75 Å². The molecule has 0 aromatic heterocycles. The second-order valence-corrected chi connectivity index (χ2v) is 5.23. The average molecular weight is 254 g/mol. The summed E-state index contributed by atoms with van der Waals surface area (Å²) in [5.74, 6) is 1.29. The molecule has 1 aromatic carbocycles. The first-order valence-corrected chi connectivity index (χ1v) is 6.69. The summed E-state index contributed by atoms with van der Waals surface area (Å²) in [6.45, 7) is 0. The highest BCUT2D eigenvalue weighted by molar-refractivity contribution is 6.30. The minimum atomic E-state index is 0.227. The quantitative estimate of drug-likeness (QED) is 0.816. The molecule has 0 saturated heterocycles. The molecule has 1 fully saturated rings. The zero-order valence-corrected chi connectivity index (χ0v) is 11.0. The van der Waals surface area contributed by atoms with Crippen molar-refractivity contribution in [1.29, 1.82) is 0 Å². The van der Waals surface area contributed by atoms with E-state index in [1.54, 1.807) is 7.11 Å². The van der Waals surface area contributed by atoms with E-state index in [0.29, 0.717) is 5.92 Å². The van der Waals surface area contributed by atoms with Gasteiger partial charge in [0.1, 0.15) is 5.75 Å². The Kier molecular flexibility index (Phi) is 4.30. The van der Waals surface area contributed by atoms with Crippen LogP contribution in [0.3, 0.4) is 0 Å². The van der Waals surface area contributed by atoms with Gasteiger partial charge in [-0.05, 0) is 31.0 Å². The molecule has 0 spiro atoms. The van der Waals surface area contributed by atoms with Crippen LogP contribution in [0.25, 0.3) is 0 Å². The monoisotopic (exact) mass is 253 g/mol. The summed E-state index contributed by atoms with van der Waals surface area (Å²) in [5, 5.41) is 0.761. The number of methoxy groups -OCH3 is 1. The number of hydrogen-bond donors (Lipinski definition) is 1. The van der Waals surface area contributed by atoms with Crippen molar-refractivity contribution in [2.45, 2.75) is 44.1 Å². The minimum Gasteiger partial charge on any atom is -0.496 e. The molecule has 2 atom stereocenters. The molecule has 1 saturated carbocycles. The SMILES string of the molecule is COc1ccc(Cl)cc1C1CCCCCC1N. The van der Waals surface area contributed by atoms with E-state index in [1.807, 2.05) is 18.2 Å². The van der Waals surface area contributed by atoms with Gasteiger partial charge in [-0.3, -0.25) is 0 Å². The number of ether oxygens (including phenoxy) is 1. The van der Waals surface area contributed by atoms with Crippen LogP contribution in [-0.4, -0.2) is 13.2 Å². The average Bonchev–Trinajstić information content (AvgIpc) is 2.54. The van der Waals surface area contributed by atoms with E-state index < -0.39 is 0 Å². The minimum absolute atomic E-state index is 0.227. The molecule has 1 aliphatic carbocycles. The van der Waals surface area contributed by atoms with E-state index in [4.69, 9.17) is 22.1 Å². The van der Waals surface area contributed by atoms with Crippen molar-refractivity contribution in [1.82, 2.24) is 0 Å². The second-order valence-electron chi connectivity index (χ2n) is 4.79. The highest BCUT2D eigenvalue weighted by Gasteiger charge is 2.24. The predicted molar refractivity (Wildman–Crippen MR) is 71.8 cm³/mol. The number of hydrogen-bond acceptors (Lipinski definition) is 2. The van der Waals surface area contributed by atoms with Crippen LogP contribution >= 0.6 is 11.6 Å². The Morgan fingerprint density at radius 1 is 1.24 bits per heavy atom. The first kappa shape index (κ1) is 12.7. The van der Waals surface area contributed by atoms with Gasteiger partial charge in [-0.1, -0.05) is 30.9 Å². The highest BCUT2D eigenvalue weighted by atomic mass is 35.5. The molecule has 1 aromatic rings. The highest BCUT2D eigenvalue weighted by Crippen LogP contribution is 2.37. The molecule has 2 nitrogen and oxygen atoms in total. The van der Waals surface area contributed by atoms with Crippen LogP contribution in [0.4, 0.5) is 0 Å². The molecule has 2 rings (SSSR count). The summed E-state index contributed by atoms with van der Waals surface area (Å²) in [6.07, 6.45) is 6.00. The molecule has 94 valence electrons. The molecule has 17 heavy (non-hydrogen) atoms. The van der Waals surface area contributed by atoms with Crippen molar-refractivity contribution in [2.24, 2.45) is 5.73 Å². The predicted octanol–water partition coefficient (Wildman–Crippen LogP) is 3.72. The lowest BCUT2D eigenvalue weighted by Crippen LogP contribution is -2.27. The van der Waals surface area contributed by atoms with Crippen LogP contribution in [-0.2, 0) is 0 Å². The lowest BCUT2D eigenvalue weighted by molar-refractivity contribution is 0.396. The number of benzene rings is 1. The number of nitrogens with two attached hydrogens (primary N) is 1. The maximum absolute atomic E-state index is 6.29. The van der Waals surface area contributed by atoms with Crippen molar-refractivity contribution in [3.8, 4) is 5.75 Å².